The van der Waals surface area contributed by atoms with Gasteiger partial charge in [-0.1, -0.05) is 6.92 Å². The molecule has 0 spiro atoms. The second-order valence-electron chi connectivity index (χ2n) is 6.92. The number of fused-ring (bicyclic) bond motifs is 1. The molecule has 3 heterocycles. The quantitative estimate of drug-likeness (QED) is 0.747. The molecule has 3 aromatic heterocycles. The summed E-state index contributed by atoms with van der Waals surface area (Å²) in [6, 6.07) is 3.84. The Bertz CT molecular complexity index is 894. The number of carbonyl (C=O) groups is 1. The van der Waals surface area contributed by atoms with Crippen molar-refractivity contribution in [1.29, 1.82) is 0 Å². The fourth-order valence-corrected chi connectivity index (χ4v) is 3.06. The van der Waals surface area contributed by atoms with Crippen LogP contribution in [0.1, 0.15) is 41.7 Å². The standard InChI is InChI=1S/C18H22N6O/c1-12(11-24-7-3-6-20-24)9-19-18(25)14-8-16(13-4-5-13)22-17-15(14)10-21-23(17)2/h3,6-8,10,12-13H,4-5,9,11H2,1-2H3,(H,19,25). The van der Waals surface area contributed by atoms with Gasteiger partial charge >= 0.3 is 0 Å². The van der Waals surface area contributed by atoms with Crippen LogP contribution in [0.25, 0.3) is 11.0 Å². The number of rotatable bonds is 6. The van der Waals surface area contributed by atoms with Gasteiger partial charge in [0.25, 0.3) is 5.91 Å². The molecule has 7 heteroatoms. The first kappa shape index (κ1) is 15.8. The lowest BCUT2D eigenvalue weighted by Crippen LogP contribution is -2.30. The second kappa shape index (κ2) is 6.31. The third-order valence-corrected chi connectivity index (χ3v) is 4.63. The number of pyridine rings is 1. The Balaban J connectivity index is 1.51. The lowest BCUT2D eigenvalue weighted by molar-refractivity contribution is 0.0948. The van der Waals surface area contributed by atoms with Crippen LogP contribution in [0, 0.1) is 5.92 Å². The monoisotopic (exact) mass is 338 g/mol. The highest BCUT2D eigenvalue weighted by molar-refractivity contribution is 6.05. The average molecular weight is 338 g/mol. The van der Waals surface area contributed by atoms with Crippen molar-refractivity contribution < 1.29 is 4.79 Å². The molecular weight excluding hydrogens is 316 g/mol. The van der Waals surface area contributed by atoms with E-state index >= 15 is 0 Å². The molecule has 7 nitrogen and oxygen atoms in total. The molecule has 1 atom stereocenters. The largest absolute Gasteiger partial charge is 0.352 e. The maximum Gasteiger partial charge on any atom is 0.252 e. The van der Waals surface area contributed by atoms with Crippen molar-refractivity contribution in [2.24, 2.45) is 13.0 Å². The highest BCUT2D eigenvalue weighted by atomic mass is 16.1. The Morgan fingerprint density at radius 3 is 2.96 bits per heavy atom. The van der Waals surface area contributed by atoms with Gasteiger partial charge in [-0.2, -0.15) is 10.2 Å². The number of nitrogens with one attached hydrogen (secondary N) is 1. The van der Waals surface area contributed by atoms with Crippen molar-refractivity contribution in [1.82, 2.24) is 29.9 Å². The van der Waals surface area contributed by atoms with Crippen molar-refractivity contribution in [2.45, 2.75) is 32.2 Å². The number of amides is 1. The van der Waals surface area contributed by atoms with Gasteiger partial charge in [-0.15, -0.1) is 0 Å². The number of hydrogen-bond donors (Lipinski definition) is 1. The maximum atomic E-state index is 12.8. The molecule has 1 unspecified atom stereocenters. The van der Waals surface area contributed by atoms with Gasteiger partial charge in [-0.25, -0.2) is 4.98 Å². The zero-order valence-electron chi connectivity index (χ0n) is 14.5. The van der Waals surface area contributed by atoms with Crippen molar-refractivity contribution >= 4 is 16.9 Å². The molecule has 3 aromatic rings. The molecule has 4 rings (SSSR count). The van der Waals surface area contributed by atoms with Crippen molar-refractivity contribution in [2.75, 3.05) is 6.54 Å². The van der Waals surface area contributed by atoms with Crippen LogP contribution < -0.4 is 5.32 Å². The van der Waals surface area contributed by atoms with Gasteiger partial charge in [0, 0.05) is 44.1 Å². The number of aryl methyl sites for hydroxylation is 1. The first-order chi connectivity index (χ1) is 12.1. The van der Waals surface area contributed by atoms with Crippen molar-refractivity contribution in [3.05, 3.63) is 42.0 Å². The fraction of sp³-hybridized carbons (Fsp3) is 0.444. The van der Waals surface area contributed by atoms with Gasteiger partial charge < -0.3 is 5.32 Å². The summed E-state index contributed by atoms with van der Waals surface area (Å²) in [4.78, 5) is 17.5. The number of hydrogen-bond acceptors (Lipinski definition) is 4. The van der Waals surface area contributed by atoms with Crippen LogP contribution in [0.5, 0.6) is 0 Å². The molecule has 1 aliphatic carbocycles. The second-order valence-corrected chi connectivity index (χ2v) is 6.92. The zero-order chi connectivity index (χ0) is 17.4. The number of aromatic nitrogens is 5. The molecule has 1 aliphatic rings. The number of nitrogens with zero attached hydrogens (tertiary/aromatic N) is 5. The summed E-state index contributed by atoms with van der Waals surface area (Å²) >= 11 is 0. The first-order valence-corrected chi connectivity index (χ1v) is 8.70. The minimum atomic E-state index is -0.0605. The molecule has 0 aliphatic heterocycles. The Morgan fingerprint density at radius 1 is 1.40 bits per heavy atom. The average Bonchev–Trinajstić information content (AvgIpc) is 3.22. The first-order valence-electron chi connectivity index (χ1n) is 8.70. The van der Waals surface area contributed by atoms with Crippen LogP contribution in [-0.2, 0) is 13.6 Å². The Kier molecular flexibility index (Phi) is 3.99. The number of carbonyl (C=O) groups excluding carboxylic acids is 1. The highest BCUT2D eigenvalue weighted by Gasteiger charge is 2.27. The van der Waals surface area contributed by atoms with E-state index in [9.17, 15) is 4.79 Å². The van der Waals surface area contributed by atoms with Crippen molar-refractivity contribution in [3.8, 4) is 0 Å². The minimum absolute atomic E-state index is 0.0605. The van der Waals surface area contributed by atoms with Crippen LogP contribution in [0.2, 0.25) is 0 Å². The summed E-state index contributed by atoms with van der Waals surface area (Å²) in [5.41, 5.74) is 2.45. The smallest absolute Gasteiger partial charge is 0.252 e. The van der Waals surface area contributed by atoms with E-state index in [1.807, 2.05) is 30.1 Å². The van der Waals surface area contributed by atoms with Gasteiger partial charge in [0.05, 0.1) is 17.1 Å². The van der Waals surface area contributed by atoms with Gasteiger partial charge in [0.15, 0.2) is 5.65 Å². The van der Waals surface area contributed by atoms with E-state index in [0.29, 0.717) is 18.0 Å². The SMILES string of the molecule is CC(CNC(=O)c1cc(C2CC2)nc2c1cnn2C)Cn1cccn1. The topological polar surface area (TPSA) is 77.6 Å². The molecule has 0 aromatic carbocycles. The van der Waals surface area contributed by atoms with E-state index in [2.05, 4.69) is 22.4 Å². The molecule has 0 radical (unpaired) electrons. The van der Waals surface area contributed by atoms with Crippen molar-refractivity contribution in [3.63, 3.8) is 0 Å². The molecule has 0 saturated heterocycles. The van der Waals surface area contributed by atoms with E-state index in [0.717, 1.165) is 36.1 Å². The van der Waals surface area contributed by atoms with Crippen LogP contribution in [0.4, 0.5) is 0 Å². The Hall–Kier alpha value is -2.70. The molecule has 25 heavy (non-hydrogen) atoms. The summed E-state index contributed by atoms with van der Waals surface area (Å²) in [6.45, 7) is 3.48. The zero-order valence-corrected chi connectivity index (χ0v) is 14.5. The van der Waals surface area contributed by atoms with E-state index < -0.39 is 0 Å². The normalized spacial score (nSPS) is 15.4. The Labute approximate surface area is 146 Å². The molecule has 0 bridgehead atoms. The van der Waals surface area contributed by atoms with E-state index in [4.69, 9.17) is 4.98 Å². The maximum absolute atomic E-state index is 12.8. The predicted molar refractivity (Wildman–Crippen MR) is 94.2 cm³/mol. The van der Waals surface area contributed by atoms with E-state index in [1.54, 1.807) is 17.1 Å². The fourth-order valence-electron chi connectivity index (χ4n) is 3.06. The molecule has 1 amide bonds. The third-order valence-electron chi connectivity index (χ3n) is 4.63. The van der Waals surface area contributed by atoms with E-state index in [1.165, 1.54) is 0 Å². The molecule has 130 valence electrons. The highest BCUT2D eigenvalue weighted by Crippen LogP contribution is 2.40. The molecular formula is C18H22N6O. The lowest BCUT2D eigenvalue weighted by Gasteiger charge is -2.13. The van der Waals surface area contributed by atoms with Crippen LogP contribution in [0.3, 0.4) is 0 Å². The summed E-state index contributed by atoms with van der Waals surface area (Å²) < 4.78 is 3.62. The van der Waals surface area contributed by atoms with E-state index in [-0.39, 0.29) is 11.8 Å². The molecule has 1 saturated carbocycles. The summed E-state index contributed by atoms with van der Waals surface area (Å²) in [7, 11) is 1.86. The van der Waals surface area contributed by atoms with Gasteiger partial charge in [0.1, 0.15) is 0 Å². The van der Waals surface area contributed by atoms with Gasteiger partial charge in [0.2, 0.25) is 0 Å². The van der Waals surface area contributed by atoms with Gasteiger partial charge in [-0.05, 0) is 30.9 Å². The van der Waals surface area contributed by atoms with Gasteiger partial charge in [-0.3, -0.25) is 14.2 Å². The predicted octanol–water partition coefficient (Wildman–Crippen LogP) is 2.11. The third kappa shape index (κ3) is 3.26. The summed E-state index contributed by atoms with van der Waals surface area (Å²) in [5, 5.41) is 12.3. The summed E-state index contributed by atoms with van der Waals surface area (Å²) in [5.74, 6) is 0.720. The van der Waals surface area contributed by atoms with Crippen LogP contribution in [0.15, 0.2) is 30.7 Å². The van der Waals surface area contributed by atoms with Crippen LogP contribution >= 0.6 is 0 Å². The molecule has 1 fully saturated rings. The minimum Gasteiger partial charge on any atom is -0.352 e. The molecule has 1 N–H and O–H groups in total. The lowest BCUT2D eigenvalue weighted by atomic mass is 10.1. The summed E-state index contributed by atoms with van der Waals surface area (Å²) in [6.07, 6.45) is 7.72. The Morgan fingerprint density at radius 2 is 2.24 bits per heavy atom. The van der Waals surface area contributed by atoms with Crippen LogP contribution in [-0.4, -0.2) is 37.0 Å².